The van der Waals surface area contributed by atoms with Crippen molar-refractivity contribution in [2.24, 2.45) is 10.9 Å². The number of nitrogens with one attached hydrogen (secondary N) is 5. The molecule has 13 heteroatoms. The number of amides is 3. The maximum Gasteiger partial charge on any atom is 0.319 e. The summed E-state index contributed by atoms with van der Waals surface area (Å²) in [5.74, 6) is 0.968. The lowest BCUT2D eigenvalue weighted by molar-refractivity contribution is -0.125. The molecule has 11 nitrogen and oxygen atoms in total. The average Bonchev–Trinajstić information content (AvgIpc) is 3.38. The molecule has 3 aliphatic rings. The van der Waals surface area contributed by atoms with Gasteiger partial charge in [-0.15, -0.1) is 0 Å². The van der Waals surface area contributed by atoms with Gasteiger partial charge in [0.15, 0.2) is 5.82 Å². The van der Waals surface area contributed by atoms with E-state index >= 15 is 0 Å². The van der Waals surface area contributed by atoms with Crippen molar-refractivity contribution in [3.63, 3.8) is 0 Å². The van der Waals surface area contributed by atoms with E-state index in [1.165, 1.54) is 6.08 Å². The standard InChI is InChI=1S/C26H29ClN9O2P/c27-20-13-30-25-32-19-9-15(11-29-12-19)1-2-16-10-17(31-23(20)35-25)3-4-21(16)34-26(38)33-18-6-8-36(14-18)24(37)22(39)5-7-28/h3-5,7,10-13,15,18,28H,1-2,6,8-9,14,39H2,(H2,33,34,38)(H2,30,31,32,35)/b22-5-,28-7?/t15?,18-/m0/s1. The van der Waals surface area contributed by atoms with E-state index < -0.39 is 0 Å². The van der Waals surface area contributed by atoms with Crippen molar-refractivity contribution in [2.45, 2.75) is 31.7 Å². The van der Waals surface area contributed by atoms with Gasteiger partial charge in [0.1, 0.15) is 5.02 Å². The van der Waals surface area contributed by atoms with Crippen LogP contribution in [0.4, 0.5) is 27.9 Å². The van der Waals surface area contributed by atoms with Crippen LogP contribution in [0.3, 0.4) is 0 Å². The fourth-order valence-electron chi connectivity index (χ4n) is 4.79. The molecule has 5 N–H and O–H groups in total. The Bertz CT molecular complexity index is 1390. The summed E-state index contributed by atoms with van der Waals surface area (Å²) in [6.07, 6.45) is 10.8. The van der Waals surface area contributed by atoms with Crippen molar-refractivity contribution < 1.29 is 9.59 Å². The molecule has 3 amide bonds. The second-order valence-electron chi connectivity index (χ2n) is 9.59. The normalized spacial score (nSPS) is 20.3. The van der Waals surface area contributed by atoms with Crippen LogP contribution in [0, 0.1) is 11.3 Å². The van der Waals surface area contributed by atoms with Crippen LogP contribution in [0.15, 0.2) is 52.7 Å². The number of carbonyl (C=O) groups is 2. The molecular formula is C26H29ClN9O2P. The summed E-state index contributed by atoms with van der Waals surface area (Å²) in [4.78, 5) is 40.3. The lowest BCUT2D eigenvalue weighted by Crippen LogP contribution is -2.40. The molecule has 3 atom stereocenters. The zero-order valence-electron chi connectivity index (χ0n) is 21.1. The number of carbonyl (C=O) groups excluding carboxylic acids is 2. The van der Waals surface area contributed by atoms with Crippen LogP contribution in [-0.4, -0.2) is 58.4 Å². The quantitative estimate of drug-likeness (QED) is 0.212. The average molecular weight is 566 g/mol. The molecular weight excluding hydrogens is 537 g/mol. The van der Waals surface area contributed by atoms with E-state index in [1.54, 1.807) is 17.3 Å². The van der Waals surface area contributed by atoms with Crippen molar-refractivity contribution >= 4 is 68.3 Å². The summed E-state index contributed by atoms with van der Waals surface area (Å²) in [7, 11) is 2.36. The highest BCUT2D eigenvalue weighted by Gasteiger charge is 2.28. The van der Waals surface area contributed by atoms with Gasteiger partial charge in [0, 0.05) is 66.1 Å². The smallest absolute Gasteiger partial charge is 0.319 e. The van der Waals surface area contributed by atoms with E-state index in [0.29, 0.717) is 53.7 Å². The monoisotopic (exact) mass is 565 g/mol. The van der Waals surface area contributed by atoms with E-state index in [0.717, 1.165) is 36.0 Å². The molecule has 0 radical (unpaired) electrons. The van der Waals surface area contributed by atoms with Crippen LogP contribution in [0.1, 0.15) is 24.8 Å². The first-order valence-corrected chi connectivity index (χ1v) is 13.6. The fraction of sp³-hybridized carbons (Fsp3) is 0.308. The van der Waals surface area contributed by atoms with Crippen molar-refractivity contribution in [1.29, 1.82) is 5.41 Å². The number of anilines is 4. The van der Waals surface area contributed by atoms with Crippen LogP contribution < -0.4 is 21.3 Å². The number of aliphatic imine (C=N–C) groups is 1. The first kappa shape index (κ1) is 26.8. The molecule has 4 heterocycles. The van der Waals surface area contributed by atoms with Crippen molar-refractivity contribution in [3.8, 4) is 0 Å². The van der Waals surface area contributed by atoms with Crippen LogP contribution >= 0.6 is 20.8 Å². The van der Waals surface area contributed by atoms with Gasteiger partial charge >= 0.3 is 6.03 Å². The van der Waals surface area contributed by atoms with Gasteiger partial charge in [0.05, 0.1) is 6.20 Å². The molecule has 1 fully saturated rings. The van der Waals surface area contributed by atoms with Gasteiger partial charge in [-0.05, 0) is 55.5 Å². The van der Waals surface area contributed by atoms with Gasteiger partial charge in [0.2, 0.25) is 5.95 Å². The minimum Gasteiger partial charge on any atom is -0.339 e. The molecule has 2 aromatic rings. The topological polar surface area (TPSA) is 147 Å². The number of halogens is 1. The zero-order chi connectivity index (χ0) is 27.4. The van der Waals surface area contributed by atoms with Crippen molar-refractivity contribution in [2.75, 3.05) is 29.0 Å². The second-order valence-corrected chi connectivity index (χ2v) is 10.6. The lowest BCUT2D eigenvalue weighted by atomic mass is 9.94. The van der Waals surface area contributed by atoms with Gasteiger partial charge in [-0.1, -0.05) is 20.8 Å². The number of likely N-dealkylation sites (tertiary alicyclic amines) is 1. The molecule has 39 heavy (non-hydrogen) atoms. The number of aryl methyl sites for hydroxylation is 1. The molecule has 0 spiro atoms. The molecule has 202 valence electrons. The number of benzene rings is 1. The highest BCUT2D eigenvalue weighted by Crippen LogP contribution is 2.30. The first-order chi connectivity index (χ1) is 18.9. The third-order valence-corrected chi connectivity index (χ3v) is 7.46. The fourth-order valence-corrected chi connectivity index (χ4v) is 5.21. The Hall–Kier alpha value is -3.82. The maximum atomic E-state index is 13.0. The summed E-state index contributed by atoms with van der Waals surface area (Å²) in [6.45, 7) is 0.957. The first-order valence-electron chi connectivity index (χ1n) is 12.6. The van der Waals surface area contributed by atoms with Crippen LogP contribution in [-0.2, 0) is 11.2 Å². The molecule has 6 bridgehead atoms. The number of allylic oxidation sites excluding steroid dienone is 2. The van der Waals surface area contributed by atoms with Crippen LogP contribution in [0.25, 0.3) is 0 Å². The largest absolute Gasteiger partial charge is 0.339 e. The summed E-state index contributed by atoms with van der Waals surface area (Å²) in [5.41, 5.74) is 3.38. The zero-order valence-corrected chi connectivity index (χ0v) is 23.0. The number of aromatic nitrogens is 2. The number of nitrogens with zero attached hydrogens (tertiary/aromatic N) is 4. The van der Waals surface area contributed by atoms with Crippen molar-refractivity contribution in [1.82, 2.24) is 20.2 Å². The predicted octanol–water partition coefficient (Wildman–Crippen LogP) is 4.29. The van der Waals surface area contributed by atoms with Crippen LogP contribution in [0.2, 0.25) is 5.02 Å². The van der Waals surface area contributed by atoms with Gasteiger partial charge < -0.3 is 31.6 Å². The van der Waals surface area contributed by atoms with E-state index in [4.69, 9.17) is 17.0 Å². The molecule has 1 aromatic heterocycles. The second kappa shape index (κ2) is 11.9. The summed E-state index contributed by atoms with van der Waals surface area (Å²) < 4.78 is 0. The summed E-state index contributed by atoms with van der Waals surface area (Å²) in [5, 5.41) is 20.5. The molecule has 1 aromatic carbocycles. The Morgan fingerprint density at radius 2 is 2.13 bits per heavy atom. The number of rotatable bonds is 4. The maximum absolute atomic E-state index is 13.0. The van der Waals surface area contributed by atoms with Crippen LogP contribution in [0.5, 0.6) is 0 Å². The highest BCUT2D eigenvalue weighted by atomic mass is 35.5. The van der Waals surface area contributed by atoms with E-state index in [9.17, 15) is 9.59 Å². The Balaban J connectivity index is 1.31. The van der Waals surface area contributed by atoms with Gasteiger partial charge in [-0.2, -0.15) is 4.98 Å². The number of hydrogen-bond donors (Lipinski definition) is 5. The third kappa shape index (κ3) is 6.61. The molecule has 0 aliphatic carbocycles. The highest BCUT2D eigenvalue weighted by molar-refractivity contribution is 7.25. The molecule has 3 aliphatic heterocycles. The minimum atomic E-state index is -0.326. The molecule has 5 rings (SSSR count). The SMILES string of the molecule is N=C/C=C(\P)C(=O)N1CC[C@H](NC(=O)Nc2ccc3cc2CCC2C=NC=C(C2)Nc2ncc(Cl)c(n2)N3)C1. The predicted molar refractivity (Wildman–Crippen MR) is 157 cm³/mol. The van der Waals surface area contributed by atoms with Gasteiger partial charge in [-0.3, -0.25) is 9.79 Å². The van der Waals surface area contributed by atoms with E-state index in [1.807, 2.05) is 24.4 Å². The number of urea groups is 1. The summed E-state index contributed by atoms with van der Waals surface area (Å²) in [6, 6.07) is 5.22. The summed E-state index contributed by atoms with van der Waals surface area (Å²) >= 11 is 6.36. The lowest BCUT2D eigenvalue weighted by Gasteiger charge is -2.20. The minimum absolute atomic E-state index is 0.155. The van der Waals surface area contributed by atoms with Gasteiger partial charge in [0.25, 0.3) is 5.91 Å². The Kier molecular flexibility index (Phi) is 8.18. The third-order valence-electron chi connectivity index (χ3n) is 6.75. The van der Waals surface area contributed by atoms with E-state index in [2.05, 4.69) is 45.5 Å². The molecule has 1 saturated heterocycles. The number of fused-ring (bicyclic) bond motifs is 6. The Morgan fingerprint density at radius 1 is 1.26 bits per heavy atom. The Labute approximate surface area is 233 Å². The number of hydrogen-bond acceptors (Lipinski definition) is 8. The Morgan fingerprint density at radius 3 is 2.97 bits per heavy atom. The van der Waals surface area contributed by atoms with E-state index in [-0.39, 0.29) is 23.9 Å². The van der Waals surface area contributed by atoms with Crippen molar-refractivity contribution in [3.05, 3.63) is 58.3 Å². The molecule has 2 unspecified atom stereocenters. The van der Waals surface area contributed by atoms with Gasteiger partial charge in [-0.25, -0.2) is 9.78 Å². The molecule has 0 saturated carbocycles.